The summed E-state index contributed by atoms with van der Waals surface area (Å²) in [4.78, 5) is 17.9. The molecule has 148 valence electrons. The van der Waals surface area contributed by atoms with Crippen LogP contribution in [0.15, 0.2) is 4.99 Å². The Morgan fingerprint density at radius 3 is 2.28 bits per heavy atom. The highest BCUT2D eigenvalue weighted by Gasteiger charge is 2.15. The number of hydrogen-bond acceptors (Lipinski definition) is 5. The molecule has 3 N–H and O–H groups in total. The Kier molecular flexibility index (Phi) is 12.9. The molecule has 0 aromatic heterocycles. The number of amides is 1. The summed E-state index contributed by atoms with van der Waals surface area (Å²) < 4.78 is 10.2. The van der Waals surface area contributed by atoms with E-state index < -0.39 is 5.60 Å². The van der Waals surface area contributed by atoms with Gasteiger partial charge in [-0.2, -0.15) is 0 Å². The van der Waals surface area contributed by atoms with Crippen molar-refractivity contribution >= 4 is 12.1 Å². The maximum absolute atomic E-state index is 11.5. The molecule has 0 aromatic rings. The van der Waals surface area contributed by atoms with Gasteiger partial charge >= 0.3 is 6.09 Å². The number of likely N-dealkylation sites (N-methyl/N-ethyl adjacent to an activating group) is 1. The van der Waals surface area contributed by atoms with Crippen LogP contribution in [-0.4, -0.2) is 83.1 Å². The summed E-state index contributed by atoms with van der Waals surface area (Å²) in [6.45, 7) is 10.4. The molecule has 0 rings (SSSR count). The molecule has 0 unspecified atom stereocenters. The van der Waals surface area contributed by atoms with Gasteiger partial charge in [0, 0.05) is 53.5 Å². The fraction of sp³-hybridized carbons (Fsp3) is 0.882. The van der Waals surface area contributed by atoms with Crippen molar-refractivity contribution in [1.82, 2.24) is 20.9 Å². The number of ether oxygens (including phenoxy) is 2. The highest BCUT2D eigenvalue weighted by Crippen LogP contribution is 2.06. The Morgan fingerprint density at radius 2 is 1.68 bits per heavy atom. The molecule has 0 saturated carbocycles. The first-order valence-corrected chi connectivity index (χ1v) is 8.87. The molecule has 25 heavy (non-hydrogen) atoms. The molecule has 0 bridgehead atoms. The minimum atomic E-state index is -0.467. The summed E-state index contributed by atoms with van der Waals surface area (Å²) in [6, 6.07) is 0. The van der Waals surface area contributed by atoms with Gasteiger partial charge in [-0.1, -0.05) is 0 Å². The second-order valence-corrected chi connectivity index (χ2v) is 6.86. The topological polar surface area (TPSA) is 87.2 Å². The SMILES string of the molecule is CN=C(NCCCNC(=O)OC(C)(C)C)NCCN(C)CCCOC. The molecule has 8 nitrogen and oxygen atoms in total. The number of alkyl carbamates (subject to hydrolysis) is 1. The third kappa shape index (κ3) is 15.7. The number of carbonyl (C=O) groups excluding carboxylic acids is 1. The highest BCUT2D eigenvalue weighted by molar-refractivity contribution is 5.79. The van der Waals surface area contributed by atoms with Crippen molar-refractivity contribution in [2.45, 2.75) is 39.2 Å². The summed E-state index contributed by atoms with van der Waals surface area (Å²) in [5.74, 6) is 0.766. The Balaban J connectivity index is 3.71. The molecule has 0 saturated heterocycles. The maximum atomic E-state index is 11.5. The van der Waals surface area contributed by atoms with E-state index in [9.17, 15) is 4.79 Å². The van der Waals surface area contributed by atoms with Gasteiger partial charge in [-0.15, -0.1) is 0 Å². The number of methoxy groups -OCH3 is 1. The van der Waals surface area contributed by atoms with E-state index in [-0.39, 0.29) is 6.09 Å². The number of guanidine groups is 1. The van der Waals surface area contributed by atoms with Crippen molar-refractivity contribution in [3.05, 3.63) is 0 Å². The van der Waals surface area contributed by atoms with Crippen LogP contribution in [0.1, 0.15) is 33.6 Å². The zero-order valence-electron chi connectivity index (χ0n) is 16.8. The fourth-order valence-corrected chi connectivity index (χ4v) is 1.98. The maximum Gasteiger partial charge on any atom is 0.407 e. The molecule has 0 fully saturated rings. The molecule has 0 aliphatic heterocycles. The Morgan fingerprint density at radius 1 is 1.04 bits per heavy atom. The van der Waals surface area contributed by atoms with E-state index in [1.165, 1.54) is 0 Å². The minimum Gasteiger partial charge on any atom is -0.444 e. The van der Waals surface area contributed by atoms with Crippen LogP contribution in [0.2, 0.25) is 0 Å². The molecule has 0 atom stereocenters. The average Bonchev–Trinajstić information content (AvgIpc) is 2.51. The van der Waals surface area contributed by atoms with E-state index in [1.807, 2.05) is 20.8 Å². The van der Waals surface area contributed by atoms with Crippen molar-refractivity contribution in [2.75, 3.05) is 60.5 Å². The van der Waals surface area contributed by atoms with Crippen LogP contribution in [-0.2, 0) is 9.47 Å². The molecule has 0 aromatic carbocycles. The van der Waals surface area contributed by atoms with Crippen molar-refractivity contribution in [3.63, 3.8) is 0 Å². The van der Waals surface area contributed by atoms with Gasteiger partial charge in [0.1, 0.15) is 5.60 Å². The molecule has 0 aliphatic carbocycles. The lowest BCUT2D eigenvalue weighted by atomic mass is 10.2. The number of nitrogens with one attached hydrogen (secondary N) is 3. The molecule has 0 radical (unpaired) electrons. The predicted octanol–water partition coefficient (Wildman–Crippen LogP) is 1.03. The van der Waals surface area contributed by atoms with Gasteiger partial charge in [0.25, 0.3) is 0 Å². The van der Waals surface area contributed by atoms with E-state index in [1.54, 1.807) is 14.2 Å². The van der Waals surface area contributed by atoms with E-state index >= 15 is 0 Å². The van der Waals surface area contributed by atoms with Crippen LogP contribution in [0.25, 0.3) is 0 Å². The molecule has 0 aliphatic rings. The quantitative estimate of drug-likeness (QED) is 0.290. The zero-order valence-corrected chi connectivity index (χ0v) is 16.8. The van der Waals surface area contributed by atoms with Crippen molar-refractivity contribution in [2.24, 2.45) is 4.99 Å². The summed E-state index contributed by atoms with van der Waals surface area (Å²) in [5.41, 5.74) is -0.467. The summed E-state index contributed by atoms with van der Waals surface area (Å²) >= 11 is 0. The Bertz CT molecular complexity index is 383. The first kappa shape index (κ1) is 23.5. The first-order chi connectivity index (χ1) is 11.8. The average molecular weight is 360 g/mol. The van der Waals surface area contributed by atoms with Gasteiger partial charge in [-0.05, 0) is 40.7 Å². The van der Waals surface area contributed by atoms with Gasteiger partial charge in [0.15, 0.2) is 5.96 Å². The molecule has 8 heteroatoms. The fourth-order valence-electron chi connectivity index (χ4n) is 1.98. The van der Waals surface area contributed by atoms with E-state index in [4.69, 9.17) is 9.47 Å². The number of rotatable bonds is 11. The van der Waals surface area contributed by atoms with Crippen LogP contribution in [0.5, 0.6) is 0 Å². The molecule has 0 spiro atoms. The third-order valence-electron chi connectivity index (χ3n) is 3.21. The number of carbonyl (C=O) groups is 1. The van der Waals surface area contributed by atoms with Crippen molar-refractivity contribution < 1.29 is 14.3 Å². The van der Waals surface area contributed by atoms with Gasteiger partial charge in [-0.25, -0.2) is 4.79 Å². The second kappa shape index (κ2) is 13.7. The third-order valence-corrected chi connectivity index (χ3v) is 3.21. The molecular weight excluding hydrogens is 322 g/mol. The van der Waals surface area contributed by atoms with Gasteiger partial charge in [0.05, 0.1) is 0 Å². The summed E-state index contributed by atoms with van der Waals surface area (Å²) in [7, 11) is 5.56. The Hall–Kier alpha value is -1.54. The van der Waals surface area contributed by atoms with Gasteiger partial charge in [-0.3, -0.25) is 4.99 Å². The monoisotopic (exact) mass is 359 g/mol. The van der Waals surface area contributed by atoms with Crippen LogP contribution < -0.4 is 16.0 Å². The normalized spacial score (nSPS) is 12.2. The van der Waals surface area contributed by atoms with Crippen LogP contribution in [0.3, 0.4) is 0 Å². The number of aliphatic imine (C=N–C) groups is 1. The largest absolute Gasteiger partial charge is 0.444 e. The molecular formula is C17H37N5O3. The smallest absolute Gasteiger partial charge is 0.407 e. The summed E-state index contributed by atoms with van der Waals surface area (Å²) in [6.07, 6.45) is 1.44. The Labute approximate surface area is 152 Å². The predicted molar refractivity (Wildman–Crippen MR) is 102 cm³/mol. The van der Waals surface area contributed by atoms with E-state index in [0.29, 0.717) is 6.54 Å². The minimum absolute atomic E-state index is 0.383. The summed E-state index contributed by atoms with van der Waals surface area (Å²) in [5, 5.41) is 9.24. The van der Waals surface area contributed by atoms with Crippen molar-refractivity contribution in [3.8, 4) is 0 Å². The molecule has 0 heterocycles. The number of hydrogen-bond donors (Lipinski definition) is 3. The van der Waals surface area contributed by atoms with Crippen molar-refractivity contribution in [1.29, 1.82) is 0 Å². The van der Waals surface area contributed by atoms with Crippen LogP contribution in [0.4, 0.5) is 4.79 Å². The van der Waals surface area contributed by atoms with Crippen LogP contribution in [0, 0.1) is 0 Å². The van der Waals surface area contributed by atoms with E-state index in [2.05, 4.69) is 32.9 Å². The standard InChI is InChI=1S/C17H37N5O3/c1-17(2,3)25-16(23)21-10-7-9-19-15(18-4)20-11-13-22(5)12-8-14-24-6/h7-14H2,1-6H3,(H,21,23)(H2,18,19,20). The highest BCUT2D eigenvalue weighted by atomic mass is 16.6. The van der Waals surface area contributed by atoms with Crippen LogP contribution >= 0.6 is 0 Å². The lowest BCUT2D eigenvalue weighted by Gasteiger charge is -2.20. The lowest BCUT2D eigenvalue weighted by molar-refractivity contribution is 0.0527. The second-order valence-electron chi connectivity index (χ2n) is 6.86. The first-order valence-electron chi connectivity index (χ1n) is 8.87. The van der Waals surface area contributed by atoms with Gasteiger partial charge < -0.3 is 30.3 Å². The number of nitrogens with zero attached hydrogens (tertiary/aromatic N) is 2. The van der Waals surface area contributed by atoms with Gasteiger partial charge in [0.2, 0.25) is 0 Å². The van der Waals surface area contributed by atoms with E-state index in [0.717, 1.165) is 51.6 Å². The lowest BCUT2D eigenvalue weighted by Crippen LogP contribution is -2.42. The zero-order chi connectivity index (χ0) is 19.1. The molecule has 1 amide bonds.